The first-order chi connectivity index (χ1) is 7.45. The van der Waals surface area contributed by atoms with Crippen LogP contribution in [0.25, 0.3) is 6.08 Å². The minimum Gasteiger partial charge on any atom is -0.351 e. The van der Waals surface area contributed by atoms with Crippen molar-refractivity contribution in [2.75, 3.05) is 0 Å². The number of aromatic amines is 1. The quantitative estimate of drug-likeness (QED) is 0.803. The van der Waals surface area contributed by atoms with Crippen molar-refractivity contribution in [3.8, 4) is 0 Å². The predicted octanol–water partition coefficient (Wildman–Crippen LogP) is 3.06. The molecule has 0 aliphatic heterocycles. The van der Waals surface area contributed by atoms with E-state index >= 15 is 0 Å². The fraction of sp³-hybridized carbons (Fsp3) is 0.154. The monoisotopic (exact) mass is 198 g/mol. The molecule has 0 spiro atoms. The molecular weight excluding hydrogens is 184 g/mol. The number of aromatic nitrogens is 2. The summed E-state index contributed by atoms with van der Waals surface area (Å²) in [6.07, 6.45) is 9.91. The number of allylic oxidation sites excluding steroid dienone is 1. The Bertz CT molecular complexity index is 401. The van der Waals surface area contributed by atoms with Crippen molar-refractivity contribution in [2.24, 2.45) is 0 Å². The van der Waals surface area contributed by atoms with Gasteiger partial charge in [0, 0.05) is 6.20 Å². The highest BCUT2D eigenvalue weighted by Crippen LogP contribution is 2.04. The fourth-order valence-electron chi connectivity index (χ4n) is 1.46. The summed E-state index contributed by atoms with van der Waals surface area (Å²) in [4.78, 5) is 7.04. The van der Waals surface area contributed by atoms with E-state index in [0.29, 0.717) is 0 Å². The van der Waals surface area contributed by atoms with Crippen molar-refractivity contribution in [1.29, 1.82) is 0 Å². The van der Waals surface area contributed by atoms with Gasteiger partial charge >= 0.3 is 0 Å². The largest absolute Gasteiger partial charge is 0.351 e. The van der Waals surface area contributed by atoms with Gasteiger partial charge in [0.25, 0.3) is 0 Å². The minimum atomic E-state index is 0.989. The van der Waals surface area contributed by atoms with Crippen LogP contribution in [-0.2, 0) is 6.42 Å². The third-order valence-electron chi connectivity index (χ3n) is 2.25. The molecule has 0 amide bonds. The molecule has 76 valence electrons. The molecule has 1 aromatic heterocycles. The topological polar surface area (TPSA) is 28.7 Å². The molecule has 2 heteroatoms. The molecule has 0 atom stereocenters. The van der Waals surface area contributed by atoms with E-state index in [4.69, 9.17) is 0 Å². The van der Waals surface area contributed by atoms with Crippen molar-refractivity contribution in [3.63, 3.8) is 0 Å². The van der Waals surface area contributed by atoms with Crippen LogP contribution in [0.2, 0.25) is 0 Å². The van der Waals surface area contributed by atoms with Crippen molar-refractivity contribution >= 4 is 6.08 Å². The zero-order valence-corrected chi connectivity index (χ0v) is 8.56. The molecule has 1 aromatic carbocycles. The van der Waals surface area contributed by atoms with Crippen LogP contribution in [0.3, 0.4) is 0 Å². The third kappa shape index (κ3) is 3.09. The Morgan fingerprint density at radius 1 is 1.20 bits per heavy atom. The summed E-state index contributed by atoms with van der Waals surface area (Å²) in [5, 5.41) is 0. The Kier molecular flexibility index (Phi) is 3.34. The Balaban J connectivity index is 1.80. The summed E-state index contributed by atoms with van der Waals surface area (Å²) in [7, 11) is 0. The predicted molar refractivity (Wildman–Crippen MR) is 62.4 cm³/mol. The first-order valence-corrected chi connectivity index (χ1v) is 5.14. The van der Waals surface area contributed by atoms with E-state index in [9.17, 15) is 0 Å². The minimum absolute atomic E-state index is 0.989. The number of H-pyrrole nitrogens is 1. The summed E-state index contributed by atoms with van der Waals surface area (Å²) < 4.78 is 0. The number of hydrogen-bond donors (Lipinski definition) is 1. The molecule has 0 aliphatic carbocycles. The van der Waals surface area contributed by atoms with Gasteiger partial charge in [-0.25, -0.2) is 4.98 Å². The Labute approximate surface area is 89.7 Å². The maximum Gasteiger partial charge on any atom is 0.0927 e. The van der Waals surface area contributed by atoms with Gasteiger partial charge in [-0.2, -0.15) is 0 Å². The highest BCUT2D eigenvalue weighted by atomic mass is 14.8. The number of aryl methyl sites for hydroxylation is 1. The lowest BCUT2D eigenvalue weighted by Gasteiger charge is -1.95. The maximum absolute atomic E-state index is 4.12. The average molecular weight is 198 g/mol. The molecular formula is C13H14N2. The van der Waals surface area contributed by atoms with Crippen LogP contribution in [0, 0.1) is 0 Å². The van der Waals surface area contributed by atoms with Crippen LogP contribution in [0.15, 0.2) is 48.9 Å². The third-order valence-corrected chi connectivity index (χ3v) is 2.25. The molecule has 1 heterocycles. The molecule has 0 saturated carbocycles. The van der Waals surface area contributed by atoms with Crippen LogP contribution in [-0.4, -0.2) is 9.97 Å². The van der Waals surface area contributed by atoms with E-state index in [-0.39, 0.29) is 0 Å². The van der Waals surface area contributed by atoms with Crippen LogP contribution in [0.1, 0.15) is 17.7 Å². The number of nitrogens with one attached hydrogen (secondary N) is 1. The number of nitrogens with zero attached hydrogens (tertiary/aromatic N) is 1. The molecule has 2 nitrogen and oxygen atoms in total. The molecule has 15 heavy (non-hydrogen) atoms. The second kappa shape index (κ2) is 5.15. The van der Waals surface area contributed by atoms with Gasteiger partial charge in [0.2, 0.25) is 0 Å². The van der Waals surface area contributed by atoms with Gasteiger partial charge in [-0.1, -0.05) is 36.4 Å². The van der Waals surface area contributed by atoms with Gasteiger partial charge in [0.1, 0.15) is 0 Å². The van der Waals surface area contributed by atoms with Crippen LogP contribution >= 0.6 is 0 Å². The standard InChI is InChI=1S/C13H14N2/c1-2-6-12(7-3-1)8-4-5-9-13-10-14-11-15-13/h1-3,5-7,9-11H,4,8H2,(H,14,15)/b9-5+. The maximum atomic E-state index is 4.12. The second-order valence-electron chi connectivity index (χ2n) is 3.42. The Morgan fingerprint density at radius 2 is 2.07 bits per heavy atom. The Hall–Kier alpha value is -1.83. The number of benzene rings is 1. The molecule has 2 rings (SSSR count). The molecule has 0 unspecified atom stereocenters. The lowest BCUT2D eigenvalue weighted by atomic mass is 10.1. The number of imidazole rings is 1. The van der Waals surface area contributed by atoms with Crippen molar-refractivity contribution in [3.05, 3.63) is 60.2 Å². The second-order valence-corrected chi connectivity index (χ2v) is 3.42. The molecule has 0 radical (unpaired) electrons. The first kappa shape index (κ1) is 9.71. The van der Waals surface area contributed by atoms with Crippen LogP contribution in [0.4, 0.5) is 0 Å². The lowest BCUT2D eigenvalue weighted by Crippen LogP contribution is -1.81. The van der Waals surface area contributed by atoms with Crippen molar-refractivity contribution in [2.45, 2.75) is 12.8 Å². The molecule has 0 saturated heterocycles. The van der Waals surface area contributed by atoms with Crippen LogP contribution in [0.5, 0.6) is 0 Å². The normalized spacial score (nSPS) is 10.9. The highest BCUT2D eigenvalue weighted by molar-refractivity contribution is 5.42. The van der Waals surface area contributed by atoms with E-state index in [1.165, 1.54) is 5.56 Å². The van der Waals surface area contributed by atoms with Gasteiger partial charge in [-0.3, -0.25) is 0 Å². The SMILES string of the molecule is C(=C\c1c[nH]cn1)/CCc1ccccc1. The van der Waals surface area contributed by atoms with E-state index in [1.54, 1.807) is 6.33 Å². The lowest BCUT2D eigenvalue weighted by molar-refractivity contribution is 1.01. The molecule has 0 bridgehead atoms. The zero-order valence-electron chi connectivity index (χ0n) is 8.56. The average Bonchev–Trinajstić information content (AvgIpc) is 2.79. The number of rotatable bonds is 4. The summed E-state index contributed by atoms with van der Waals surface area (Å²) in [6, 6.07) is 10.5. The Morgan fingerprint density at radius 3 is 2.80 bits per heavy atom. The molecule has 1 N–H and O–H groups in total. The summed E-state index contributed by atoms with van der Waals surface area (Å²) in [6.45, 7) is 0. The van der Waals surface area contributed by atoms with Gasteiger partial charge in [-0.15, -0.1) is 0 Å². The van der Waals surface area contributed by atoms with Crippen LogP contribution < -0.4 is 0 Å². The van der Waals surface area contributed by atoms with E-state index < -0.39 is 0 Å². The van der Waals surface area contributed by atoms with Gasteiger partial charge in [0.15, 0.2) is 0 Å². The van der Waals surface area contributed by atoms with E-state index in [0.717, 1.165) is 18.5 Å². The van der Waals surface area contributed by atoms with E-state index in [1.807, 2.05) is 18.3 Å². The van der Waals surface area contributed by atoms with Gasteiger partial charge in [-0.05, 0) is 24.5 Å². The first-order valence-electron chi connectivity index (χ1n) is 5.14. The zero-order chi connectivity index (χ0) is 10.3. The van der Waals surface area contributed by atoms with Gasteiger partial charge in [0.05, 0.1) is 12.0 Å². The summed E-state index contributed by atoms with van der Waals surface area (Å²) in [5.41, 5.74) is 2.37. The van der Waals surface area contributed by atoms with Gasteiger partial charge < -0.3 is 4.98 Å². The summed E-state index contributed by atoms with van der Waals surface area (Å²) >= 11 is 0. The molecule has 0 aliphatic rings. The van der Waals surface area contributed by atoms with E-state index in [2.05, 4.69) is 40.3 Å². The van der Waals surface area contributed by atoms with Crippen molar-refractivity contribution in [1.82, 2.24) is 9.97 Å². The smallest absolute Gasteiger partial charge is 0.0927 e. The fourth-order valence-corrected chi connectivity index (χ4v) is 1.46. The summed E-state index contributed by atoms with van der Waals surface area (Å²) in [5.74, 6) is 0. The highest BCUT2D eigenvalue weighted by Gasteiger charge is 1.89. The van der Waals surface area contributed by atoms with Crippen molar-refractivity contribution < 1.29 is 0 Å². The molecule has 0 fully saturated rings. The molecule has 2 aromatic rings. The number of hydrogen-bond acceptors (Lipinski definition) is 1.